The summed E-state index contributed by atoms with van der Waals surface area (Å²) in [6, 6.07) is 9.87. The second kappa shape index (κ2) is 7.62. The summed E-state index contributed by atoms with van der Waals surface area (Å²) in [5.41, 5.74) is 2.22. The van der Waals surface area contributed by atoms with Crippen molar-refractivity contribution in [2.45, 2.75) is 32.6 Å². The lowest BCUT2D eigenvalue weighted by Gasteiger charge is -2.17. The Morgan fingerprint density at radius 1 is 1.21 bits per heavy atom. The number of hydrogen-bond acceptors (Lipinski definition) is 3. The van der Waals surface area contributed by atoms with Crippen LogP contribution >= 0.6 is 0 Å². The fourth-order valence-electron chi connectivity index (χ4n) is 2.50. The number of benzene rings is 1. The zero-order valence-corrected chi connectivity index (χ0v) is 15.3. The van der Waals surface area contributed by atoms with Gasteiger partial charge in [0.2, 0.25) is 0 Å². The summed E-state index contributed by atoms with van der Waals surface area (Å²) in [7, 11) is 4.06. The maximum Gasteiger partial charge on any atom is 0.254 e. The minimum absolute atomic E-state index is 0.0548. The van der Waals surface area contributed by atoms with Crippen LogP contribution in [0.15, 0.2) is 36.5 Å². The molecule has 2 aromatic rings. The van der Waals surface area contributed by atoms with Gasteiger partial charge in [-0.3, -0.25) is 4.79 Å². The Morgan fingerprint density at radius 2 is 1.88 bits per heavy atom. The molecule has 130 valence electrons. The van der Waals surface area contributed by atoms with Gasteiger partial charge in [-0.05, 0) is 39.2 Å². The van der Waals surface area contributed by atoms with Gasteiger partial charge in [-0.1, -0.05) is 39.0 Å². The Labute approximate surface area is 144 Å². The predicted octanol–water partition coefficient (Wildman–Crippen LogP) is 2.85. The van der Waals surface area contributed by atoms with Crippen molar-refractivity contribution in [3.05, 3.63) is 47.8 Å². The molecular formula is C19H28N4O. The average Bonchev–Trinajstić information content (AvgIpc) is 2.97. The van der Waals surface area contributed by atoms with Gasteiger partial charge in [0.25, 0.3) is 5.91 Å². The van der Waals surface area contributed by atoms with Crippen LogP contribution in [0.2, 0.25) is 0 Å². The minimum atomic E-state index is -0.198. The number of carbonyl (C=O) groups excluding carboxylic acids is 1. The van der Waals surface area contributed by atoms with E-state index in [1.165, 1.54) is 0 Å². The summed E-state index contributed by atoms with van der Waals surface area (Å²) in [4.78, 5) is 14.7. The van der Waals surface area contributed by atoms with Gasteiger partial charge in [-0.25, -0.2) is 4.68 Å². The van der Waals surface area contributed by atoms with E-state index < -0.39 is 0 Å². The average molecular weight is 328 g/mol. The predicted molar refractivity (Wildman–Crippen MR) is 97.8 cm³/mol. The SMILES string of the molecule is CN(C)CCCNC(=O)c1cn(-c2ccccc2)nc1C(C)(C)C. The highest BCUT2D eigenvalue weighted by atomic mass is 16.1. The van der Waals surface area contributed by atoms with Crippen LogP contribution in [0.25, 0.3) is 5.69 Å². The lowest BCUT2D eigenvalue weighted by atomic mass is 9.89. The molecule has 0 radical (unpaired) electrons. The van der Waals surface area contributed by atoms with E-state index in [-0.39, 0.29) is 11.3 Å². The van der Waals surface area contributed by atoms with Crippen LogP contribution in [-0.4, -0.2) is 47.8 Å². The third kappa shape index (κ3) is 4.68. The van der Waals surface area contributed by atoms with Gasteiger partial charge in [0.15, 0.2) is 0 Å². The molecule has 5 heteroatoms. The summed E-state index contributed by atoms with van der Waals surface area (Å²) in [5.74, 6) is -0.0548. The molecule has 1 aromatic heterocycles. The lowest BCUT2D eigenvalue weighted by molar-refractivity contribution is 0.0950. The van der Waals surface area contributed by atoms with Crippen molar-refractivity contribution in [2.24, 2.45) is 0 Å². The fourth-order valence-corrected chi connectivity index (χ4v) is 2.50. The summed E-state index contributed by atoms with van der Waals surface area (Å²) in [5, 5.41) is 7.69. The molecule has 2 rings (SSSR count). The zero-order valence-electron chi connectivity index (χ0n) is 15.3. The molecule has 0 saturated carbocycles. The number of para-hydroxylation sites is 1. The quantitative estimate of drug-likeness (QED) is 0.830. The van der Waals surface area contributed by atoms with Crippen LogP contribution in [0.4, 0.5) is 0 Å². The second-order valence-corrected chi connectivity index (χ2v) is 7.33. The third-order valence-electron chi connectivity index (χ3n) is 3.76. The number of aromatic nitrogens is 2. The van der Waals surface area contributed by atoms with E-state index in [9.17, 15) is 4.79 Å². The van der Waals surface area contributed by atoms with Gasteiger partial charge >= 0.3 is 0 Å². The van der Waals surface area contributed by atoms with E-state index in [0.29, 0.717) is 12.1 Å². The monoisotopic (exact) mass is 328 g/mol. The van der Waals surface area contributed by atoms with Crippen molar-refractivity contribution in [3.63, 3.8) is 0 Å². The van der Waals surface area contributed by atoms with E-state index >= 15 is 0 Å². The summed E-state index contributed by atoms with van der Waals surface area (Å²) >= 11 is 0. The molecule has 1 N–H and O–H groups in total. The highest BCUT2D eigenvalue weighted by Gasteiger charge is 2.26. The fraction of sp³-hybridized carbons (Fsp3) is 0.474. The van der Waals surface area contributed by atoms with E-state index in [2.05, 4.69) is 36.1 Å². The maximum atomic E-state index is 12.6. The van der Waals surface area contributed by atoms with E-state index in [4.69, 9.17) is 0 Å². The van der Waals surface area contributed by atoms with E-state index in [1.807, 2.05) is 50.6 Å². The van der Waals surface area contributed by atoms with Gasteiger partial charge in [-0.15, -0.1) is 0 Å². The van der Waals surface area contributed by atoms with Crippen molar-refractivity contribution in [3.8, 4) is 5.69 Å². The molecule has 0 bridgehead atoms. The minimum Gasteiger partial charge on any atom is -0.352 e. The second-order valence-electron chi connectivity index (χ2n) is 7.33. The molecule has 1 aromatic carbocycles. The highest BCUT2D eigenvalue weighted by molar-refractivity contribution is 5.95. The van der Waals surface area contributed by atoms with Crippen LogP contribution in [0.5, 0.6) is 0 Å². The summed E-state index contributed by atoms with van der Waals surface area (Å²) in [6.07, 6.45) is 2.76. The molecule has 0 aliphatic rings. The van der Waals surface area contributed by atoms with Crippen molar-refractivity contribution >= 4 is 5.91 Å². The first-order chi connectivity index (χ1) is 11.3. The number of carbonyl (C=O) groups is 1. The van der Waals surface area contributed by atoms with Gasteiger partial charge in [0, 0.05) is 18.2 Å². The lowest BCUT2D eigenvalue weighted by Crippen LogP contribution is -2.29. The Morgan fingerprint density at radius 3 is 2.46 bits per heavy atom. The highest BCUT2D eigenvalue weighted by Crippen LogP contribution is 2.25. The first kappa shape index (κ1) is 18.2. The number of hydrogen-bond donors (Lipinski definition) is 1. The normalized spacial score (nSPS) is 11.8. The van der Waals surface area contributed by atoms with Crippen LogP contribution in [0.3, 0.4) is 0 Å². The molecule has 5 nitrogen and oxygen atoms in total. The number of amides is 1. The Kier molecular flexibility index (Phi) is 5.78. The maximum absolute atomic E-state index is 12.6. The van der Waals surface area contributed by atoms with Crippen molar-refractivity contribution in [2.75, 3.05) is 27.2 Å². The third-order valence-corrected chi connectivity index (χ3v) is 3.76. The van der Waals surface area contributed by atoms with Crippen LogP contribution in [0.1, 0.15) is 43.2 Å². The van der Waals surface area contributed by atoms with E-state index in [0.717, 1.165) is 24.3 Å². The first-order valence-electron chi connectivity index (χ1n) is 8.37. The smallest absolute Gasteiger partial charge is 0.254 e. The summed E-state index contributed by atoms with van der Waals surface area (Å²) < 4.78 is 1.79. The zero-order chi connectivity index (χ0) is 17.7. The van der Waals surface area contributed by atoms with Crippen molar-refractivity contribution in [1.29, 1.82) is 0 Å². The van der Waals surface area contributed by atoms with Gasteiger partial charge in [0.1, 0.15) is 0 Å². The Bertz CT molecular complexity index is 668. The molecular weight excluding hydrogens is 300 g/mol. The Balaban J connectivity index is 2.21. The number of rotatable bonds is 6. The molecule has 0 unspecified atom stereocenters. The Hall–Kier alpha value is -2.14. The van der Waals surface area contributed by atoms with Gasteiger partial charge in [-0.2, -0.15) is 5.10 Å². The first-order valence-corrected chi connectivity index (χ1v) is 8.37. The molecule has 0 spiro atoms. The molecule has 0 aliphatic heterocycles. The standard InChI is InChI=1S/C19H28N4O/c1-19(2,3)17-16(18(24)20-12-9-13-22(4)5)14-23(21-17)15-10-7-6-8-11-15/h6-8,10-11,14H,9,12-13H2,1-5H3,(H,20,24). The largest absolute Gasteiger partial charge is 0.352 e. The van der Waals surface area contributed by atoms with Gasteiger partial charge in [0.05, 0.1) is 16.9 Å². The van der Waals surface area contributed by atoms with Crippen LogP contribution < -0.4 is 5.32 Å². The van der Waals surface area contributed by atoms with E-state index in [1.54, 1.807) is 4.68 Å². The molecule has 24 heavy (non-hydrogen) atoms. The molecule has 0 saturated heterocycles. The molecule has 1 heterocycles. The van der Waals surface area contributed by atoms with Crippen LogP contribution in [-0.2, 0) is 5.41 Å². The summed E-state index contributed by atoms with van der Waals surface area (Å²) in [6.45, 7) is 7.85. The topological polar surface area (TPSA) is 50.2 Å². The van der Waals surface area contributed by atoms with Crippen LogP contribution in [0, 0.1) is 0 Å². The molecule has 1 amide bonds. The molecule has 0 aliphatic carbocycles. The van der Waals surface area contributed by atoms with Crippen molar-refractivity contribution < 1.29 is 4.79 Å². The molecule has 0 fully saturated rings. The number of nitrogens with zero attached hydrogens (tertiary/aromatic N) is 3. The number of nitrogens with one attached hydrogen (secondary N) is 1. The van der Waals surface area contributed by atoms with Crippen molar-refractivity contribution in [1.82, 2.24) is 20.0 Å². The molecule has 0 atom stereocenters. The van der Waals surface area contributed by atoms with Gasteiger partial charge < -0.3 is 10.2 Å².